The topological polar surface area (TPSA) is 71.2 Å². The molecule has 0 aromatic carbocycles. The van der Waals surface area contributed by atoms with Crippen molar-refractivity contribution in [2.45, 2.75) is 45.4 Å². The number of nitrogens with two attached hydrogens (primary N) is 1. The van der Waals surface area contributed by atoms with Gasteiger partial charge in [0.05, 0.1) is 0 Å². The Hall–Kier alpha value is -0.810. The molecule has 2 rings (SSSR count). The minimum atomic E-state index is 0.183. The number of nitrogen functional groups attached to an aromatic ring is 1. The highest BCUT2D eigenvalue weighted by atomic mass is 32.1. The third kappa shape index (κ3) is 3.36. The molecule has 1 heterocycles. The standard InChI is InChI=1S/C13H23N3OS/c1-13(2,6-3-7-17)8-15-12-10(9-4-5-9)11(14)16-18-12/h9,15,17H,3-8H2,1-2H3,(H2,14,16). The largest absolute Gasteiger partial charge is 0.396 e. The van der Waals surface area contributed by atoms with E-state index in [9.17, 15) is 0 Å². The lowest BCUT2D eigenvalue weighted by atomic mass is 9.88. The maximum absolute atomic E-state index is 8.90. The maximum Gasteiger partial charge on any atom is 0.142 e. The Morgan fingerprint density at radius 2 is 2.22 bits per heavy atom. The predicted octanol–water partition coefficient (Wildman–Crippen LogP) is 2.81. The third-order valence-corrected chi connectivity index (χ3v) is 4.32. The van der Waals surface area contributed by atoms with Crippen molar-refractivity contribution >= 4 is 22.4 Å². The maximum atomic E-state index is 8.90. The fourth-order valence-electron chi connectivity index (χ4n) is 2.17. The van der Waals surface area contributed by atoms with Gasteiger partial charge in [0.25, 0.3) is 0 Å². The number of hydrogen-bond donors (Lipinski definition) is 3. The molecule has 0 atom stereocenters. The van der Waals surface area contributed by atoms with Crippen LogP contribution in [0.25, 0.3) is 0 Å². The zero-order valence-corrected chi connectivity index (χ0v) is 12.0. The molecule has 1 saturated carbocycles. The highest BCUT2D eigenvalue weighted by molar-refractivity contribution is 7.10. The number of rotatable bonds is 7. The molecule has 0 saturated heterocycles. The molecule has 1 aromatic rings. The molecular formula is C13H23N3OS. The van der Waals surface area contributed by atoms with Gasteiger partial charge in [0, 0.05) is 18.7 Å². The van der Waals surface area contributed by atoms with E-state index in [-0.39, 0.29) is 12.0 Å². The van der Waals surface area contributed by atoms with Crippen molar-refractivity contribution in [2.75, 3.05) is 24.2 Å². The summed E-state index contributed by atoms with van der Waals surface area (Å²) in [5.74, 6) is 1.34. The third-order valence-electron chi connectivity index (χ3n) is 3.48. The van der Waals surface area contributed by atoms with Crippen molar-refractivity contribution in [1.82, 2.24) is 4.37 Å². The number of anilines is 2. The van der Waals surface area contributed by atoms with Gasteiger partial charge in [0.2, 0.25) is 0 Å². The van der Waals surface area contributed by atoms with Crippen LogP contribution in [0.4, 0.5) is 10.8 Å². The van der Waals surface area contributed by atoms with E-state index >= 15 is 0 Å². The van der Waals surface area contributed by atoms with Crippen LogP contribution in [0.5, 0.6) is 0 Å². The fourth-order valence-corrected chi connectivity index (χ4v) is 2.96. The molecule has 0 unspecified atom stereocenters. The molecule has 0 aliphatic heterocycles. The minimum absolute atomic E-state index is 0.183. The Morgan fingerprint density at radius 3 is 2.83 bits per heavy atom. The molecular weight excluding hydrogens is 246 g/mol. The second-order valence-corrected chi connectivity index (χ2v) is 6.70. The lowest BCUT2D eigenvalue weighted by Crippen LogP contribution is -2.23. The zero-order chi connectivity index (χ0) is 13.2. The quantitative estimate of drug-likeness (QED) is 0.712. The van der Waals surface area contributed by atoms with Crippen LogP contribution in [-0.2, 0) is 0 Å². The van der Waals surface area contributed by atoms with Crippen LogP contribution in [0.2, 0.25) is 0 Å². The van der Waals surface area contributed by atoms with Crippen molar-refractivity contribution in [3.63, 3.8) is 0 Å². The van der Waals surface area contributed by atoms with E-state index in [2.05, 4.69) is 23.5 Å². The van der Waals surface area contributed by atoms with E-state index in [0.717, 1.165) is 24.4 Å². The van der Waals surface area contributed by atoms with Gasteiger partial charge in [0.1, 0.15) is 10.8 Å². The summed E-state index contributed by atoms with van der Waals surface area (Å²) in [7, 11) is 0. The molecule has 18 heavy (non-hydrogen) atoms. The van der Waals surface area contributed by atoms with Crippen LogP contribution in [-0.4, -0.2) is 22.6 Å². The van der Waals surface area contributed by atoms with E-state index in [1.54, 1.807) is 0 Å². The second-order valence-electron chi connectivity index (χ2n) is 5.93. The first kappa shape index (κ1) is 13.6. The molecule has 0 spiro atoms. The lowest BCUT2D eigenvalue weighted by Gasteiger charge is -2.25. The van der Waals surface area contributed by atoms with Crippen LogP contribution in [0.15, 0.2) is 0 Å². The van der Waals surface area contributed by atoms with Crippen molar-refractivity contribution in [1.29, 1.82) is 0 Å². The Kier molecular flexibility index (Phi) is 4.12. The Labute approximate surface area is 113 Å². The smallest absolute Gasteiger partial charge is 0.142 e. The van der Waals surface area contributed by atoms with E-state index < -0.39 is 0 Å². The molecule has 1 aliphatic rings. The molecule has 102 valence electrons. The summed E-state index contributed by atoms with van der Waals surface area (Å²) < 4.78 is 4.26. The highest BCUT2D eigenvalue weighted by Crippen LogP contribution is 2.47. The first-order valence-electron chi connectivity index (χ1n) is 6.63. The van der Waals surface area contributed by atoms with Crippen LogP contribution in [0.3, 0.4) is 0 Å². The van der Waals surface area contributed by atoms with Crippen LogP contribution in [0, 0.1) is 5.41 Å². The SMILES string of the molecule is CC(C)(CCCO)CNc1snc(N)c1C1CC1. The van der Waals surface area contributed by atoms with Crippen LogP contribution in [0.1, 0.15) is 51.0 Å². The summed E-state index contributed by atoms with van der Waals surface area (Å²) in [6.07, 6.45) is 4.36. The molecule has 0 radical (unpaired) electrons. The predicted molar refractivity (Wildman–Crippen MR) is 77.1 cm³/mol. The minimum Gasteiger partial charge on any atom is -0.396 e. The second kappa shape index (κ2) is 5.45. The summed E-state index contributed by atoms with van der Waals surface area (Å²) in [5.41, 5.74) is 7.35. The molecule has 4 N–H and O–H groups in total. The number of aliphatic hydroxyl groups is 1. The summed E-state index contributed by atoms with van der Waals surface area (Å²) in [6.45, 7) is 5.60. The van der Waals surface area contributed by atoms with Gasteiger partial charge in [-0.2, -0.15) is 4.37 Å². The van der Waals surface area contributed by atoms with Crippen molar-refractivity contribution in [3.8, 4) is 0 Å². The van der Waals surface area contributed by atoms with E-state index in [1.807, 2.05) is 0 Å². The molecule has 0 amide bonds. The van der Waals surface area contributed by atoms with Gasteiger partial charge < -0.3 is 16.2 Å². The molecule has 4 nitrogen and oxygen atoms in total. The van der Waals surface area contributed by atoms with Crippen LogP contribution >= 0.6 is 11.5 Å². The van der Waals surface area contributed by atoms with E-state index in [1.165, 1.54) is 29.9 Å². The lowest BCUT2D eigenvalue weighted by molar-refractivity contribution is 0.248. The monoisotopic (exact) mass is 269 g/mol. The number of aromatic nitrogens is 1. The molecule has 1 aromatic heterocycles. The van der Waals surface area contributed by atoms with E-state index in [4.69, 9.17) is 10.8 Å². The van der Waals surface area contributed by atoms with Gasteiger partial charge >= 0.3 is 0 Å². The van der Waals surface area contributed by atoms with Gasteiger partial charge in [-0.15, -0.1) is 0 Å². The summed E-state index contributed by atoms with van der Waals surface area (Å²) >= 11 is 1.47. The van der Waals surface area contributed by atoms with Crippen molar-refractivity contribution in [3.05, 3.63) is 5.56 Å². The average molecular weight is 269 g/mol. The van der Waals surface area contributed by atoms with E-state index in [0.29, 0.717) is 11.7 Å². The summed E-state index contributed by atoms with van der Waals surface area (Å²) in [6, 6.07) is 0. The normalized spacial score (nSPS) is 15.9. The van der Waals surface area contributed by atoms with Gasteiger partial charge in [-0.1, -0.05) is 13.8 Å². The number of nitrogens with zero attached hydrogens (tertiary/aromatic N) is 1. The van der Waals surface area contributed by atoms with Gasteiger partial charge in [-0.05, 0) is 48.5 Å². The Balaban J connectivity index is 1.93. The zero-order valence-electron chi connectivity index (χ0n) is 11.2. The highest BCUT2D eigenvalue weighted by Gasteiger charge is 2.31. The molecule has 5 heteroatoms. The number of aliphatic hydroxyl groups excluding tert-OH is 1. The van der Waals surface area contributed by atoms with Crippen molar-refractivity contribution < 1.29 is 5.11 Å². The average Bonchev–Trinajstić information content (AvgIpc) is 3.09. The van der Waals surface area contributed by atoms with Crippen molar-refractivity contribution in [2.24, 2.45) is 5.41 Å². The van der Waals surface area contributed by atoms with Gasteiger partial charge in [-0.25, -0.2) is 0 Å². The Bertz CT molecular complexity index is 399. The summed E-state index contributed by atoms with van der Waals surface area (Å²) in [5, 5.41) is 13.5. The Morgan fingerprint density at radius 1 is 1.50 bits per heavy atom. The first-order valence-corrected chi connectivity index (χ1v) is 7.40. The molecule has 1 aliphatic carbocycles. The first-order chi connectivity index (χ1) is 8.53. The molecule has 1 fully saturated rings. The number of hydrogen-bond acceptors (Lipinski definition) is 5. The fraction of sp³-hybridized carbons (Fsp3) is 0.769. The number of nitrogens with one attached hydrogen (secondary N) is 1. The summed E-state index contributed by atoms with van der Waals surface area (Å²) in [4.78, 5) is 0. The van der Waals surface area contributed by atoms with Crippen LogP contribution < -0.4 is 11.1 Å². The van der Waals surface area contributed by atoms with Gasteiger partial charge in [0.15, 0.2) is 0 Å². The van der Waals surface area contributed by atoms with Gasteiger partial charge in [-0.3, -0.25) is 0 Å². The molecule has 0 bridgehead atoms.